The van der Waals surface area contributed by atoms with Crippen molar-refractivity contribution in [2.75, 3.05) is 13.1 Å². The molecule has 0 saturated heterocycles. The molecular formula is C28H47N3O4. The third-order valence-corrected chi connectivity index (χ3v) is 5.88. The molecule has 2 unspecified atom stereocenters. The lowest BCUT2D eigenvalue weighted by Gasteiger charge is -2.34. The molecule has 0 bridgehead atoms. The van der Waals surface area contributed by atoms with E-state index in [0.29, 0.717) is 13.1 Å². The molecule has 7 heteroatoms. The van der Waals surface area contributed by atoms with E-state index in [-0.39, 0.29) is 11.8 Å². The van der Waals surface area contributed by atoms with Gasteiger partial charge in [0.25, 0.3) is 0 Å². The molecule has 0 fully saturated rings. The summed E-state index contributed by atoms with van der Waals surface area (Å²) in [6.07, 6.45) is 5.05. The van der Waals surface area contributed by atoms with Crippen molar-refractivity contribution in [3.63, 3.8) is 0 Å². The van der Waals surface area contributed by atoms with Crippen LogP contribution >= 0.6 is 0 Å². The molecule has 0 aromatic heterocycles. The van der Waals surface area contributed by atoms with E-state index in [9.17, 15) is 14.4 Å². The average molecular weight is 490 g/mol. The topological polar surface area (TPSA) is 87.7 Å². The maximum atomic E-state index is 13.7. The van der Waals surface area contributed by atoms with E-state index in [1.807, 2.05) is 32.0 Å². The van der Waals surface area contributed by atoms with Gasteiger partial charge in [-0.05, 0) is 71.1 Å². The van der Waals surface area contributed by atoms with Crippen LogP contribution in [0.3, 0.4) is 0 Å². The highest BCUT2D eigenvalue weighted by molar-refractivity contribution is 5.92. The molecule has 0 aliphatic rings. The molecule has 2 atom stereocenters. The molecule has 0 spiro atoms. The standard InChI is InChI=1S/C28H47N3O4/c1-9-11-13-14-18-31(26(33)22(5)30-27(34)35-28(6,7)8)24(25(32)29-17-12-10-2)23-16-15-20(3)21(4)19-23/h15-16,19,22,24H,9-14,17-18H2,1-8H3,(H,29,32)(H,30,34). The van der Waals surface area contributed by atoms with Gasteiger partial charge in [-0.1, -0.05) is 57.7 Å². The van der Waals surface area contributed by atoms with Gasteiger partial charge in [-0.3, -0.25) is 9.59 Å². The van der Waals surface area contributed by atoms with Crippen LogP contribution in [-0.2, 0) is 14.3 Å². The quantitative estimate of drug-likeness (QED) is 0.354. The summed E-state index contributed by atoms with van der Waals surface area (Å²) < 4.78 is 5.34. The van der Waals surface area contributed by atoms with Crippen LogP contribution in [0.1, 0.15) is 103 Å². The number of aryl methyl sites for hydroxylation is 2. The predicted molar refractivity (Wildman–Crippen MR) is 141 cm³/mol. The summed E-state index contributed by atoms with van der Waals surface area (Å²) in [7, 11) is 0. The van der Waals surface area contributed by atoms with Crippen LogP contribution in [0.25, 0.3) is 0 Å². The van der Waals surface area contributed by atoms with Crippen molar-refractivity contribution in [3.05, 3.63) is 34.9 Å². The Labute approximate surface area is 212 Å². The first-order valence-electron chi connectivity index (χ1n) is 13.1. The number of nitrogens with zero attached hydrogens (tertiary/aromatic N) is 1. The highest BCUT2D eigenvalue weighted by Crippen LogP contribution is 2.25. The summed E-state index contributed by atoms with van der Waals surface area (Å²) in [5.74, 6) is -0.503. The zero-order valence-corrected chi connectivity index (χ0v) is 23.1. The zero-order valence-electron chi connectivity index (χ0n) is 23.1. The smallest absolute Gasteiger partial charge is 0.408 e. The molecule has 35 heavy (non-hydrogen) atoms. The summed E-state index contributed by atoms with van der Waals surface area (Å²) in [5.41, 5.74) is 2.29. The molecule has 3 amide bonds. The number of carbonyl (C=O) groups is 3. The summed E-state index contributed by atoms with van der Waals surface area (Å²) in [4.78, 5) is 41.1. The summed E-state index contributed by atoms with van der Waals surface area (Å²) >= 11 is 0. The number of alkyl carbamates (subject to hydrolysis) is 1. The van der Waals surface area contributed by atoms with Gasteiger partial charge in [0.1, 0.15) is 17.7 Å². The number of nitrogens with one attached hydrogen (secondary N) is 2. The fraction of sp³-hybridized carbons (Fsp3) is 0.679. The number of hydrogen-bond acceptors (Lipinski definition) is 4. The van der Waals surface area contributed by atoms with Gasteiger partial charge in [0.15, 0.2) is 0 Å². The van der Waals surface area contributed by atoms with Gasteiger partial charge in [0, 0.05) is 13.1 Å². The number of benzene rings is 1. The van der Waals surface area contributed by atoms with E-state index in [2.05, 4.69) is 24.5 Å². The Balaban J connectivity index is 3.30. The van der Waals surface area contributed by atoms with E-state index < -0.39 is 23.8 Å². The molecule has 198 valence electrons. The van der Waals surface area contributed by atoms with E-state index >= 15 is 0 Å². The van der Waals surface area contributed by atoms with Crippen molar-refractivity contribution in [2.45, 2.75) is 112 Å². The van der Waals surface area contributed by atoms with Crippen molar-refractivity contribution < 1.29 is 19.1 Å². The predicted octanol–water partition coefficient (Wildman–Crippen LogP) is 5.58. The van der Waals surface area contributed by atoms with Gasteiger partial charge in [0.05, 0.1) is 0 Å². The van der Waals surface area contributed by atoms with Gasteiger partial charge in [-0.15, -0.1) is 0 Å². The van der Waals surface area contributed by atoms with Crippen LogP contribution in [0, 0.1) is 13.8 Å². The van der Waals surface area contributed by atoms with Gasteiger partial charge in [-0.2, -0.15) is 0 Å². The van der Waals surface area contributed by atoms with Crippen molar-refractivity contribution >= 4 is 17.9 Å². The van der Waals surface area contributed by atoms with Crippen molar-refractivity contribution in [1.29, 1.82) is 0 Å². The Morgan fingerprint density at radius 2 is 1.63 bits per heavy atom. The number of unbranched alkanes of at least 4 members (excludes halogenated alkanes) is 4. The first kappa shape index (κ1) is 30.5. The molecule has 0 saturated carbocycles. The van der Waals surface area contributed by atoms with Crippen molar-refractivity contribution in [1.82, 2.24) is 15.5 Å². The Morgan fingerprint density at radius 3 is 2.20 bits per heavy atom. The van der Waals surface area contributed by atoms with Crippen LogP contribution in [0.4, 0.5) is 4.79 Å². The van der Waals surface area contributed by atoms with Crippen LogP contribution in [0.15, 0.2) is 18.2 Å². The third-order valence-electron chi connectivity index (χ3n) is 5.88. The number of hydrogen-bond donors (Lipinski definition) is 2. The minimum Gasteiger partial charge on any atom is -0.444 e. The molecule has 2 N–H and O–H groups in total. The van der Waals surface area contributed by atoms with Crippen LogP contribution in [0.5, 0.6) is 0 Å². The summed E-state index contributed by atoms with van der Waals surface area (Å²) in [6.45, 7) is 16.2. The fourth-order valence-electron chi connectivity index (χ4n) is 3.76. The van der Waals surface area contributed by atoms with Crippen LogP contribution < -0.4 is 10.6 Å². The van der Waals surface area contributed by atoms with E-state index in [0.717, 1.165) is 55.2 Å². The number of carbonyl (C=O) groups excluding carboxylic acids is 3. The molecule has 1 rings (SSSR count). The number of amides is 3. The minimum atomic E-state index is -0.839. The number of rotatable bonds is 13. The zero-order chi connectivity index (χ0) is 26.6. The molecule has 7 nitrogen and oxygen atoms in total. The summed E-state index contributed by atoms with van der Waals surface area (Å²) in [5, 5.41) is 5.67. The highest BCUT2D eigenvalue weighted by atomic mass is 16.6. The molecule has 1 aromatic carbocycles. The Hall–Kier alpha value is -2.57. The van der Waals surface area contributed by atoms with Gasteiger partial charge < -0.3 is 20.3 Å². The Morgan fingerprint density at radius 1 is 0.971 bits per heavy atom. The van der Waals surface area contributed by atoms with Gasteiger partial charge in [-0.25, -0.2) is 4.79 Å². The van der Waals surface area contributed by atoms with Gasteiger partial charge >= 0.3 is 6.09 Å². The third kappa shape index (κ3) is 10.7. The SMILES string of the molecule is CCCCCCN(C(=O)C(C)NC(=O)OC(C)(C)C)C(C(=O)NCCCC)c1ccc(C)c(C)c1. The second-order valence-corrected chi connectivity index (χ2v) is 10.4. The molecule has 1 aromatic rings. The maximum absolute atomic E-state index is 13.7. The maximum Gasteiger partial charge on any atom is 0.408 e. The largest absolute Gasteiger partial charge is 0.444 e. The fourth-order valence-corrected chi connectivity index (χ4v) is 3.76. The van der Waals surface area contributed by atoms with Crippen molar-refractivity contribution in [2.24, 2.45) is 0 Å². The molecule has 0 aliphatic carbocycles. The van der Waals surface area contributed by atoms with Crippen molar-refractivity contribution in [3.8, 4) is 0 Å². The molecule has 0 aliphatic heterocycles. The molecule has 0 radical (unpaired) electrons. The Bertz CT molecular complexity index is 832. The van der Waals surface area contributed by atoms with E-state index in [1.54, 1.807) is 32.6 Å². The first-order valence-corrected chi connectivity index (χ1v) is 13.1. The second-order valence-electron chi connectivity index (χ2n) is 10.4. The lowest BCUT2D eigenvalue weighted by Crippen LogP contribution is -2.52. The first-order chi connectivity index (χ1) is 16.4. The lowest BCUT2D eigenvalue weighted by atomic mass is 9.98. The highest BCUT2D eigenvalue weighted by Gasteiger charge is 2.34. The average Bonchev–Trinajstić information content (AvgIpc) is 2.76. The molecule has 0 heterocycles. The normalized spacial score (nSPS) is 13.0. The Kier molecular flexibility index (Phi) is 12.8. The van der Waals surface area contributed by atoms with E-state index in [1.165, 1.54) is 0 Å². The van der Waals surface area contributed by atoms with E-state index in [4.69, 9.17) is 4.74 Å². The molecular weight excluding hydrogens is 442 g/mol. The second kappa shape index (κ2) is 14.7. The van der Waals surface area contributed by atoms with Gasteiger partial charge in [0.2, 0.25) is 11.8 Å². The number of ether oxygens (including phenoxy) is 1. The monoisotopic (exact) mass is 489 g/mol. The summed E-state index contributed by atoms with van der Waals surface area (Å²) in [6, 6.07) is 4.28. The van der Waals surface area contributed by atoms with Crippen LogP contribution in [0.2, 0.25) is 0 Å². The lowest BCUT2D eigenvalue weighted by molar-refractivity contribution is -0.142. The van der Waals surface area contributed by atoms with Crippen LogP contribution in [-0.4, -0.2) is 47.5 Å². The minimum absolute atomic E-state index is 0.199.